The van der Waals surface area contributed by atoms with Gasteiger partial charge in [-0.15, -0.1) is 0 Å². The minimum absolute atomic E-state index is 0.0463. The van der Waals surface area contributed by atoms with Crippen LogP contribution >= 0.6 is 0 Å². The van der Waals surface area contributed by atoms with E-state index in [1.807, 2.05) is 0 Å². The summed E-state index contributed by atoms with van der Waals surface area (Å²) in [4.78, 5) is 22.9. The number of aromatic carboxylic acids is 1. The van der Waals surface area contributed by atoms with Gasteiger partial charge < -0.3 is 10.4 Å². The number of carboxylic acid groups (broad SMARTS) is 1. The first-order chi connectivity index (χ1) is 8.42. The third-order valence-electron chi connectivity index (χ3n) is 3.63. The first-order valence-electron chi connectivity index (χ1n) is 6.02. The quantitative estimate of drug-likeness (QED) is 0.856. The Kier molecular flexibility index (Phi) is 3.11. The summed E-state index contributed by atoms with van der Waals surface area (Å²) in [6.07, 6.45) is 1.11. The van der Waals surface area contributed by atoms with E-state index in [1.54, 1.807) is 12.1 Å². The minimum atomic E-state index is -1.08. The van der Waals surface area contributed by atoms with E-state index in [4.69, 9.17) is 5.11 Å². The Morgan fingerprint density at radius 2 is 1.89 bits per heavy atom. The van der Waals surface area contributed by atoms with Crippen LogP contribution in [0.1, 0.15) is 41.0 Å². The summed E-state index contributed by atoms with van der Waals surface area (Å²) in [5.74, 6) is -0.887. The standard InChI is InChI=1S/C14H17NO3/c1-14(2)7-9(14)8-15-12(16)10-5-3-4-6-11(10)13(17)18/h3-6,9H,7-8H2,1-2H3,(H,15,16)(H,17,18). The van der Waals surface area contributed by atoms with Crippen LogP contribution in [0.3, 0.4) is 0 Å². The Bertz CT molecular complexity index is 494. The van der Waals surface area contributed by atoms with Crippen LogP contribution in [0.5, 0.6) is 0 Å². The summed E-state index contributed by atoms with van der Waals surface area (Å²) in [5, 5.41) is 11.8. The monoisotopic (exact) mass is 247 g/mol. The van der Waals surface area contributed by atoms with Crippen LogP contribution < -0.4 is 5.32 Å². The minimum Gasteiger partial charge on any atom is -0.478 e. The van der Waals surface area contributed by atoms with Gasteiger partial charge in [-0.25, -0.2) is 4.79 Å². The van der Waals surface area contributed by atoms with Gasteiger partial charge in [0, 0.05) is 6.54 Å². The van der Waals surface area contributed by atoms with Crippen LogP contribution in [-0.2, 0) is 0 Å². The highest BCUT2D eigenvalue weighted by molar-refractivity contribution is 6.04. The molecule has 0 aromatic heterocycles. The van der Waals surface area contributed by atoms with Gasteiger partial charge in [0.15, 0.2) is 0 Å². The summed E-state index contributed by atoms with van der Waals surface area (Å²) in [6.45, 7) is 4.93. The molecule has 2 rings (SSSR count). The SMILES string of the molecule is CC1(C)CC1CNC(=O)c1ccccc1C(=O)O. The lowest BCUT2D eigenvalue weighted by atomic mass is 10.1. The zero-order valence-electron chi connectivity index (χ0n) is 10.6. The number of nitrogens with one attached hydrogen (secondary N) is 1. The van der Waals surface area contributed by atoms with Crippen LogP contribution in [0.15, 0.2) is 24.3 Å². The molecule has 1 aromatic carbocycles. The molecule has 1 aliphatic rings. The van der Waals surface area contributed by atoms with E-state index < -0.39 is 5.97 Å². The fourth-order valence-electron chi connectivity index (χ4n) is 2.10. The number of carbonyl (C=O) groups is 2. The van der Waals surface area contributed by atoms with Crippen molar-refractivity contribution in [1.29, 1.82) is 0 Å². The molecule has 1 atom stereocenters. The Morgan fingerprint density at radius 1 is 1.33 bits per heavy atom. The van der Waals surface area contributed by atoms with E-state index in [2.05, 4.69) is 19.2 Å². The number of hydrogen-bond donors (Lipinski definition) is 2. The molecule has 0 aliphatic heterocycles. The van der Waals surface area contributed by atoms with Crippen molar-refractivity contribution in [2.24, 2.45) is 11.3 Å². The fraction of sp³-hybridized carbons (Fsp3) is 0.429. The van der Waals surface area contributed by atoms with Crippen LogP contribution in [0.25, 0.3) is 0 Å². The van der Waals surface area contributed by atoms with Gasteiger partial charge in [0.25, 0.3) is 5.91 Å². The van der Waals surface area contributed by atoms with Gasteiger partial charge in [-0.2, -0.15) is 0 Å². The molecule has 0 heterocycles. The third-order valence-corrected chi connectivity index (χ3v) is 3.63. The highest BCUT2D eigenvalue weighted by Gasteiger charge is 2.45. The molecule has 2 N–H and O–H groups in total. The van der Waals surface area contributed by atoms with Crippen LogP contribution in [0, 0.1) is 11.3 Å². The summed E-state index contributed by atoms with van der Waals surface area (Å²) in [5.41, 5.74) is 0.577. The molecule has 96 valence electrons. The maximum atomic E-state index is 11.9. The van der Waals surface area contributed by atoms with Gasteiger partial charge in [-0.1, -0.05) is 26.0 Å². The molecule has 1 aromatic rings. The van der Waals surface area contributed by atoms with Gasteiger partial charge >= 0.3 is 5.97 Å². The number of carbonyl (C=O) groups excluding carboxylic acids is 1. The molecule has 4 nitrogen and oxygen atoms in total. The number of benzene rings is 1. The number of hydrogen-bond acceptors (Lipinski definition) is 2. The molecule has 1 amide bonds. The van der Waals surface area contributed by atoms with Crippen molar-refractivity contribution < 1.29 is 14.7 Å². The predicted octanol–water partition coefficient (Wildman–Crippen LogP) is 2.16. The first-order valence-corrected chi connectivity index (χ1v) is 6.02. The summed E-state index contributed by atoms with van der Waals surface area (Å²) < 4.78 is 0. The lowest BCUT2D eigenvalue weighted by Gasteiger charge is -2.08. The topological polar surface area (TPSA) is 66.4 Å². The van der Waals surface area contributed by atoms with Crippen LogP contribution in [0.4, 0.5) is 0 Å². The molecule has 4 heteroatoms. The lowest BCUT2D eigenvalue weighted by molar-refractivity contribution is 0.0691. The molecule has 0 spiro atoms. The zero-order valence-corrected chi connectivity index (χ0v) is 10.6. The molecular formula is C14H17NO3. The molecule has 1 saturated carbocycles. The summed E-state index contributed by atoms with van der Waals surface area (Å²) in [7, 11) is 0. The molecule has 0 bridgehead atoms. The van der Waals surface area contributed by atoms with E-state index in [0.717, 1.165) is 6.42 Å². The van der Waals surface area contributed by atoms with Crippen molar-refractivity contribution in [2.45, 2.75) is 20.3 Å². The zero-order chi connectivity index (χ0) is 13.3. The highest BCUT2D eigenvalue weighted by Crippen LogP contribution is 2.50. The second kappa shape index (κ2) is 4.44. The molecule has 1 fully saturated rings. The van der Waals surface area contributed by atoms with E-state index in [0.29, 0.717) is 17.9 Å². The van der Waals surface area contributed by atoms with Crippen molar-refractivity contribution >= 4 is 11.9 Å². The van der Waals surface area contributed by atoms with Gasteiger partial charge in [0.1, 0.15) is 0 Å². The smallest absolute Gasteiger partial charge is 0.336 e. The Hall–Kier alpha value is -1.84. The molecule has 1 aliphatic carbocycles. The fourth-order valence-corrected chi connectivity index (χ4v) is 2.10. The number of rotatable bonds is 4. The summed E-state index contributed by atoms with van der Waals surface area (Å²) in [6, 6.07) is 6.27. The maximum Gasteiger partial charge on any atom is 0.336 e. The summed E-state index contributed by atoms with van der Waals surface area (Å²) >= 11 is 0. The van der Waals surface area contributed by atoms with Gasteiger partial charge in [0.05, 0.1) is 11.1 Å². The van der Waals surface area contributed by atoms with Gasteiger partial charge in [-0.05, 0) is 29.9 Å². The lowest BCUT2D eigenvalue weighted by Crippen LogP contribution is -2.28. The normalized spacial score (nSPS) is 20.2. The maximum absolute atomic E-state index is 11.9. The number of carboxylic acids is 1. The Morgan fingerprint density at radius 3 is 2.39 bits per heavy atom. The molecular weight excluding hydrogens is 230 g/mol. The van der Waals surface area contributed by atoms with Crippen molar-refractivity contribution in [3.8, 4) is 0 Å². The van der Waals surface area contributed by atoms with Crippen molar-refractivity contribution in [1.82, 2.24) is 5.32 Å². The van der Waals surface area contributed by atoms with E-state index >= 15 is 0 Å². The van der Waals surface area contributed by atoms with E-state index in [-0.39, 0.29) is 17.0 Å². The second-order valence-electron chi connectivity index (χ2n) is 5.45. The van der Waals surface area contributed by atoms with Crippen molar-refractivity contribution in [3.05, 3.63) is 35.4 Å². The molecule has 18 heavy (non-hydrogen) atoms. The Labute approximate surface area is 106 Å². The van der Waals surface area contributed by atoms with E-state index in [1.165, 1.54) is 12.1 Å². The van der Waals surface area contributed by atoms with Gasteiger partial charge in [0.2, 0.25) is 0 Å². The van der Waals surface area contributed by atoms with Crippen molar-refractivity contribution in [2.75, 3.05) is 6.54 Å². The third kappa shape index (κ3) is 2.53. The second-order valence-corrected chi connectivity index (χ2v) is 5.45. The number of amides is 1. The van der Waals surface area contributed by atoms with Crippen LogP contribution in [-0.4, -0.2) is 23.5 Å². The van der Waals surface area contributed by atoms with Crippen LogP contribution in [0.2, 0.25) is 0 Å². The average molecular weight is 247 g/mol. The average Bonchev–Trinajstić information content (AvgIpc) is 2.94. The Balaban J connectivity index is 2.03. The van der Waals surface area contributed by atoms with E-state index in [9.17, 15) is 9.59 Å². The largest absolute Gasteiger partial charge is 0.478 e. The van der Waals surface area contributed by atoms with Crippen molar-refractivity contribution in [3.63, 3.8) is 0 Å². The first kappa shape index (κ1) is 12.6. The molecule has 1 unspecified atom stereocenters. The van der Waals surface area contributed by atoms with Gasteiger partial charge in [-0.3, -0.25) is 4.79 Å². The molecule has 0 saturated heterocycles. The predicted molar refractivity (Wildman–Crippen MR) is 67.6 cm³/mol. The highest BCUT2D eigenvalue weighted by atomic mass is 16.4. The molecule has 0 radical (unpaired) electrons.